The summed E-state index contributed by atoms with van der Waals surface area (Å²) in [6.45, 7) is 24.6. The molecule has 2 N–H and O–H groups in total. The van der Waals surface area contributed by atoms with Gasteiger partial charge in [-0.05, 0) is 79.3 Å². The van der Waals surface area contributed by atoms with Crippen molar-refractivity contribution in [1.29, 1.82) is 0 Å². The molecule has 4 aromatic rings. The van der Waals surface area contributed by atoms with E-state index in [2.05, 4.69) is 10.2 Å². The number of phenols is 2. The Morgan fingerprint density at radius 3 is 1.07 bits per heavy atom. The maximum atomic E-state index is 12.7. The first-order valence-electron chi connectivity index (χ1n) is 15.5. The highest BCUT2D eigenvalue weighted by Crippen LogP contribution is 2.41. The molecule has 0 atom stereocenters. The molecule has 10 heteroatoms. The van der Waals surface area contributed by atoms with Crippen LogP contribution in [-0.2, 0) is 34.7 Å². The smallest absolute Gasteiger partial charge is 0.437 e. The number of rotatable bonds is 6. The lowest BCUT2D eigenvalue weighted by atomic mass is 9.78. The van der Waals surface area contributed by atoms with Crippen LogP contribution >= 0.6 is 0 Å². The maximum Gasteiger partial charge on any atom is 0.437 e. The van der Waals surface area contributed by atoms with Gasteiger partial charge >= 0.3 is 11.5 Å². The first-order valence-corrected chi connectivity index (χ1v) is 15.5. The van der Waals surface area contributed by atoms with Gasteiger partial charge in [-0.1, -0.05) is 83.1 Å². The average Bonchev–Trinajstić information content (AvgIpc) is 3.42. The van der Waals surface area contributed by atoms with E-state index in [4.69, 9.17) is 8.83 Å². The first-order chi connectivity index (χ1) is 20.9. The Morgan fingerprint density at radius 1 is 0.565 bits per heavy atom. The first kappa shape index (κ1) is 34.5. The topological polar surface area (TPSA) is 137 Å². The third-order valence-corrected chi connectivity index (χ3v) is 7.85. The minimum atomic E-state index is -0.647. The van der Waals surface area contributed by atoms with Crippen molar-refractivity contribution >= 4 is 12.2 Å². The molecule has 0 bridgehead atoms. The SMILES string of the molecule is CC(C)(C)c1cc(Cn2nc(/C=C/c3nn(Cc4cc(C(C)(C)C)c(O)c(C(C)(C)C)c4)c(=O)o3)oc2=O)cc(C(C)(C)C)c1O. The summed E-state index contributed by atoms with van der Waals surface area (Å²) in [7, 11) is 0. The lowest BCUT2D eigenvalue weighted by molar-refractivity contribution is 0.421. The Labute approximate surface area is 270 Å². The van der Waals surface area contributed by atoms with E-state index in [1.807, 2.05) is 107 Å². The third-order valence-electron chi connectivity index (χ3n) is 7.85. The number of hydrogen-bond donors (Lipinski definition) is 2. The van der Waals surface area contributed by atoms with Crippen LogP contribution in [0.5, 0.6) is 11.5 Å². The summed E-state index contributed by atoms with van der Waals surface area (Å²) in [5.41, 5.74) is 3.49. The molecule has 2 aromatic carbocycles. The molecule has 0 saturated carbocycles. The largest absolute Gasteiger partial charge is 0.507 e. The van der Waals surface area contributed by atoms with Crippen molar-refractivity contribution in [2.75, 3.05) is 0 Å². The summed E-state index contributed by atoms with van der Waals surface area (Å²) >= 11 is 0. The summed E-state index contributed by atoms with van der Waals surface area (Å²) in [5, 5.41) is 30.7. The van der Waals surface area contributed by atoms with Crippen LogP contribution in [0.4, 0.5) is 0 Å². The molecule has 2 heterocycles. The minimum absolute atomic E-state index is 0.0243. The summed E-state index contributed by atoms with van der Waals surface area (Å²) in [6, 6.07) is 7.58. The van der Waals surface area contributed by atoms with Gasteiger partial charge in [0.05, 0.1) is 13.1 Å². The van der Waals surface area contributed by atoms with Gasteiger partial charge < -0.3 is 19.0 Å². The van der Waals surface area contributed by atoms with Crippen molar-refractivity contribution in [3.05, 3.63) is 90.5 Å². The Balaban J connectivity index is 1.60. The van der Waals surface area contributed by atoms with Gasteiger partial charge in [-0.25, -0.2) is 9.59 Å². The molecule has 0 spiro atoms. The van der Waals surface area contributed by atoms with E-state index in [0.717, 1.165) is 33.4 Å². The van der Waals surface area contributed by atoms with Crippen LogP contribution in [-0.4, -0.2) is 29.8 Å². The molecule has 10 nitrogen and oxygen atoms in total. The molecule has 0 unspecified atom stereocenters. The molecule has 248 valence electrons. The highest BCUT2D eigenvalue weighted by molar-refractivity contribution is 5.60. The van der Waals surface area contributed by atoms with E-state index >= 15 is 0 Å². The number of nitrogens with zero attached hydrogens (tertiary/aromatic N) is 4. The number of hydrogen-bond acceptors (Lipinski definition) is 8. The Hall–Kier alpha value is -4.34. The second-order valence-corrected chi connectivity index (χ2v) is 16.1. The van der Waals surface area contributed by atoms with Gasteiger partial charge in [0, 0.05) is 12.2 Å². The molecule has 0 aliphatic carbocycles. The molecule has 0 radical (unpaired) electrons. The van der Waals surface area contributed by atoms with Crippen molar-refractivity contribution in [3.8, 4) is 11.5 Å². The number of benzene rings is 2. The van der Waals surface area contributed by atoms with Crippen molar-refractivity contribution in [1.82, 2.24) is 19.6 Å². The standard InChI is InChI=1S/C36H48N4O6/c1-33(2,3)23-15-21(16-24(29(23)41)34(4,5)6)19-39-31(43)45-27(37-39)13-14-28-38-40(32(44)46-28)20-22-17-25(35(7,8)9)30(42)26(18-22)36(10,11)12/h13-18,41-42H,19-20H2,1-12H3/b14-13+. The van der Waals surface area contributed by atoms with Crippen LogP contribution in [0.15, 0.2) is 42.7 Å². The summed E-state index contributed by atoms with van der Waals surface area (Å²) < 4.78 is 13.1. The zero-order chi connectivity index (χ0) is 34.6. The fraction of sp³-hybridized carbons (Fsp3) is 0.500. The molecule has 0 saturated heterocycles. The summed E-state index contributed by atoms with van der Waals surface area (Å²) in [5.74, 6) is -0.726. The van der Waals surface area contributed by atoms with Gasteiger partial charge in [-0.2, -0.15) is 9.36 Å². The predicted octanol–water partition coefficient (Wildman–Crippen LogP) is 6.85. The van der Waals surface area contributed by atoms with Crippen molar-refractivity contribution in [3.63, 3.8) is 0 Å². The average molecular weight is 633 g/mol. The molecule has 0 fully saturated rings. The van der Waals surface area contributed by atoms with Gasteiger partial charge in [-0.15, -0.1) is 10.2 Å². The van der Waals surface area contributed by atoms with Crippen molar-refractivity contribution in [2.24, 2.45) is 0 Å². The van der Waals surface area contributed by atoms with Gasteiger partial charge in [0.25, 0.3) is 0 Å². The van der Waals surface area contributed by atoms with Crippen molar-refractivity contribution in [2.45, 2.75) is 118 Å². The van der Waals surface area contributed by atoms with E-state index in [1.165, 1.54) is 21.5 Å². The van der Waals surface area contributed by atoms with E-state index in [0.29, 0.717) is 0 Å². The van der Waals surface area contributed by atoms with Crippen LogP contribution in [0.1, 0.15) is 128 Å². The highest BCUT2D eigenvalue weighted by Gasteiger charge is 2.28. The Kier molecular flexibility index (Phi) is 8.85. The quantitative estimate of drug-likeness (QED) is 0.235. The van der Waals surface area contributed by atoms with E-state index in [1.54, 1.807) is 0 Å². The van der Waals surface area contributed by atoms with Gasteiger partial charge in [-0.3, -0.25) is 0 Å². The monoisotopic (exact) mass is 632 g/mol. The molecular formula is C36H48N4O6. The highest BCUT2D eigenvalue weighted by atomic mass is 16.4. The van der Waals surface area contributed by atoms with Crippen LogP contribution < -0.4 is 11.5 Å². The number of aromatic hydroxyl groups is 2. The van der Waals surface area contributed by atoms with Crippen LogP contribution in [0, 0.1) is 0 Å². The second-order valence-electron chi connectivity index (χ2n) is 16.1. The van der Waals surface area contributed by atoms with Gasteiger partial charge in [0.2, 0.25) is 11.8 Å². The maximum absolute atomic E-state index is 12.7. The van der Waals surface area contributed by atoms with E-state index < -0.39 is 11.5 Å². The normalized spacial score (nSPS) is 13.2. The zero-order valence-electron chi connectivity index (χ0n) is 29.2. The minimum Gasteiger partial charge on any atom is -0.507 e. The fourth-order valence-corrected chi connectivity index (χ4v) is 5.33. The van der Waals surface area contributed by atoms with E-state index in [-0.39, 0.29) is 58.0 Å². The van der Waals surface area contributed by atoms with Gasteiger partial charge in [0.15, 0.2) is 0 Å². The number of phenolic OH excluding ortho intramolecular Hbond substituents is 2. The molecule has 46 heavy (non-hydrogen) atoms. The fourth-order valence-electron chi connectivity index (χ4n) is 5.33. The molecule has 0 aliphatic rings. The molecule has 2 aromatic heterocycles. The zero-order valence-corrected chi connectivity index (χ0v) is 29.2. The lowest BCUT2D eigenvalue weighted by Crippen LogP contribution is -2.20. The Bertz CT molecular complexity index is 1680. The molecule has 0 aliphatic heterocycles. The van der Waals surface area contributed by atoms with Crippen LogP contribution in [0.3, 0.4) is 0 Å². The Morgan fingerprint density at radius 2 is 0.826 bits per heavy atom. The van der Waals surface area contributed by atoms with Crippen molar-refractivity contribution < 1.29 is 19.0 Å². The predicted molar refractivity (Wildman–Crippen MR) is 180 cm³/mol. The molecular weight excluding hydrogens is 584 g/mol. The summed E-state index contributed by atoms with van der Waals surface area (Å²) in [4.78, 5) is 25.4. The van der Waals surface area contributed by atoms with E-state index in [9.17, 15) is 19.8 Å². The van der Waals surface area contributed by atoms with Crippen LogP contribution in [0.25, 0.3) is 12.2 Å². The second kappa shape index (κ2) is 11.8. The lowest BCUT2D eigenvalue weighted by Gasteiger charge is -2.28. The van der Waals surface area contributed by atoms with Crippen LogP contribution in [0.2, 0.25) is 0 Å². The third kappa shape index (κ3) is 7.54. The van der Waals surface area contributed by atoms with Gasteiger partial charge in [0.1, 0.15) is 11.5 Å². The summed E-state index contributed by atoms with van der Waals surface area (Å²) in [6.07, 6.45) is 2.84. The molecule has 4 rings (SSSR count). The molecule has 0 amide bonds. The number of aromatic nitrogens is 4.